The molecule has 0 unspecified atom stereocenters. The van der Waals surface area contributed by atoms with Crippen molar-refractivity contribution in [2.45, 2.75) is 19.1 Å². The van der Waals surface area contributed by atoms with Crippen LogP contribution in [0, 0.1) is 19.7 Å². The molecule has 5 nitrogen and oxygen atoms in total. The van der Waals surface area contributed by atoms with E-state index in [1.807, 2.05) is 26.0 Å². The van der Waals surface area contributed by atoms with Gasteiger partial charge in [0, 0.05) is 10.6 Å². The number of thioether (sulfide) groups is 1. The van der Waals surface area contributed by atoms with Crippen molar-refractivity contribution in [1.82, 2.24) is 10.2 Å². The first-order valence-corrected chi connectivity index (χ1v) is 9.07. The van der Waals surface area contributed by atoms with Gasteiger partial charge in [-0.05, 0) is 44.2 Å². The number of hydrogen-bond acceptors (Lipinski definition) is 5. The Balaban J connectivity index is 1.61. The lowest BCUT2D eigenvalue weighted by Gasteiger charge is -2.05. The van der Waals surface area contributed by atoms with Gasteiger partial charge in [0.1, 0.15) is 5.82 Å². The molecule has 2 aromatic carbocycles. The standard InChI is InChI=1S/C18H15ClFN3O2S/c1-10-5-11(2)7-12(6-10)17-22-23-18(25-17)26-9-16(24)21-15-4-3-13(19)8-14(15)20/h3-8H,9H2,1-2H3,(H,21,24). The quantitative estimate of drug-likeness (QED) is 0.628. The number of nitrogens with one attached hydrogen (secondary N) is 1. The molecule has 0 spiro atoms. The molecule has 3 aromatic rings. The minimum atomic E-state index is -0.592. The molecule has 3 rings (SSSR count). The van der Waals surface area contributed by atoms with E-state index < -0.39 is 5.82 Å². The topological polar surface area (TPSA) is 68.0 Å². The highest BCUT2D eigenvalue weighted by Crippen LogP contribution is 2.25. The number of carbonyl (C=O) groups excluding carboxylic acids is 1. The fourth-order valence-corrected chi connectivity index (χ4v) is 3.11. The van der Waals surface area contributed by atoms with Gasteiger partial charge in [0.05, 0.1) is 11.4 Å². The predicted molar refractivity (Wildman–Crippen MR) is 100.0 cm³/mol. The van der Waals surface area contributed by atoms with Crippen LogP contribution in [0.2, 0.25) is 5.02 Å². The minimum absolute atomic E-state index is 0.0105. The number of aromatic nitrogens is 2. The smallest absolute Gasteiger partial charge is 0.277 e. The summed E-state index contributed by atoms with van der Waals surface area (Å²) < 4.78 is 19.3. The molecule has 8 heteroatoms. The maximum absolute atomic E-state index is 13.7. The number of rotatable bonds is 5. The van der Waals surface area contributed by atoms with Crippen LogP contribution in [-0.2, 0) is 4.79 Å². The summed E-state index contributed by atoms with van der Waals surface area (Å²) in [6.45, 7) is 3.98. The Morgan fingerprint density at radius 3 is 2.62 bits per heavy atom. The maximum Gasteiger partial charge on any atom is 0.277 e. The van der Waals surface area contributed by atoms with Crippen molar-refractivity contribution in [3.05, 3.63) is 58.4 Å². The van der Waals surface area contributed by atoms with Gasteiger partial charge < -0.3 is 9.73 Å². The zero-order valence-electron chi connectivity index (χ0n) is 14.0. The number of amides is 1. The van der Waals surface area contributed by atoms with Crippen LogP contribution in [0.25, 0.3) is 11.5 Å². The van der Waals surface area contributed by atoms with E-state index in [-0.39, 0.29) is 27.6 Å². The Hall–Kier alpha value is -2.38. The highest BCUT2D eigenvalue weighted by molar-refractivity contribution is 7.99. The predicted octanol–water partition coefficient (Wildman–Crippen LogP) is 4.88. The largest absolute Gasteiger partial charge is 0.411 e. The molecule has 0 saturated heterocycles. The zero-order chi connectivity index (χ0) is 18.7. The molecule has 134 valence electrons. The molecule has 0 atom stereocenters. The first-order chi connectivity index (χ1) is 12.4. The summed E-state index contributed by atoms with van der Waals surface area (Å²) in [7, 11) is 0. The molecule has 0 aliphatic heterocycles. The number of halogens is 2. The van der Waals surface area contributed by atoms with Crippen molar-refractivity contribution in [2.24, 2.45) is 0 Å². The van der Waals surface area contributed by atoms with E-state index in [9.17, 15) is 9.18 Å². The van der Waals surface area contributed by atoms with Crippen LogP contribution in [0.1, 0.15) is 11.1 Å². The lowest BCUT2D eigenvalue weighted by molar-refractivity contribution is -0.113. The van der Waals surface area contributed by atoms with E-state index in [4.69, 9.17) is 16.0 Å². The number of aryl methyl sites for hydroxylation is 2. The molecule has 26 heavy (non-hydrogen) atoms. The van der Waals surface area contributed by atoms with Gasteiger partial charge in [-0.2, -0.15) is 0 Å². The van der Waals surface area contributed by atoms with Crippen molar-refractivity contribution in [3.8, 4) is 11.5 Å². The molecule has 1 N–H and O–H groups in total. The van der Waals surface area contributed by atoms with E-state index in [0.717, 1.165) is 34.5 Å². The molecule has 0 aliphatic carbocycles. The minimum Gasteiger partial charge on any atom is -0.411 e. The number of benzene rings is 2. The van der Waals surface area contributed by atoms with Crippen molar-refractivity contribution < 1.29 is 13.6 Å². The zero-order valence-corrected chi connectivity index (χ0v) is 15.6. The van der Waals surface area contributed by atoms with E-state index in [1.54, 1.807) is 0 Å². The third-order valence-electron chi connectivity index (χ3n) is 3.41. The van der Waals surface area contributed by atoms with Gasteiger partial charge in [0.2, 0.25) is 11.8 Å². The van der Waals surface area contributed by atoms with Crippen LogP contribution in [-0.4, -0.2) is 21.9 Å². The second-order valence-corrected chi connectivity index (χ2v) is 7.07. The third-order valence-corrected chi connectivity index (χ3v) is 4.46. The van der Waals surface area contributed by atoms with Gasteiger partial charge in [0.25, 0.3) is 5.22 Å². The molecule has 1 amide bonds. The van der Waals surface area contributed by atoms with E-state index in [1.165, 1.54) is 12.1 Å². The highest BCUT2D eigenvalue weighted by atomic mass is 35.5. The SMILES string of the molecule is Cc1cc(C)cc(-c2nnc(SCC(=O)Nc3ccc(Cl)cc3F)o2)c1. The number of anilines is 1. The summed E-state index contributed by atoms with van der Waals surface area (Å²) in [5, 5.41) is 11.0. The molecule has 1 aromatic heterocycles. The Kier molecular flexibility index (Phi) is 5.58. The molecule has 0 bridgehead atoms. The Morgan fingerprint density at radius 1 is 1.19 bits per heavy atom. The second kappa shape index (κ2) is 7.88. The van der Waals surface area contributed by atoms with Crippen LogP contribution < -0.4 is 5.32 Å². The van der Waals surface area contributed by atoms with Gasteiger partial charge in [0.15, 0.2) is 0 Å². The summed E-state index contributed by atoms with van der Waals surface area (Å²) in [5.41, 5.74) is 3.09. The summed E-state index contributed by atoms with van der Waals surface area (Å²) in [5.74, 6) is -0.576. The molecule has 0 saturated carbocycles. The normalized spacial score (nSPS) is 10.8. The van der Waals surface area contributed by atoms with Crippen molar-refractivity contribution >= 4 is 35.0 Å². The number of nitrogens with zero attached hydrogens (tertiary/aromatic N) is 2. The Bertz CT molecular complexity index is 941. The molecule has 1 heterocycles. The molecular weight excluding hydrogens is 377 g/mol. The van der Waals surface area contributed by atoms with Crippen molar-refractivity contribution in [3.63, 3.8) is 0 Å². The first-order valence-electron chi connectivity index (χ1n) is 7.70. The van der Waals surface area contributed by atoms with Gasteiger partial charge >= 0.3 is 0 Å². The molecule has 0 radical (unpaired) electrons. The highest BCUT2D eigenvalue weighted by Gasteiger charge is 2.13. The van der Waals surface area contributed by atoms with Crippen LogP contribution in [0.15, 0.2) is 46.0 Å². The van der Waals surface area contributed by atoms with Crippen LogP contribution in [0.5, 0.6) is 0 Å². The third kappa shape index (κ3) is 4.62. The Labute approximate surface area is 159 Å². The van der Waals surface area contributed by atoms with Crippen LogP contribution in [0.4, 0.5) is 10.1 Å². The lowest BCUT2D eigenvalue weighted by atomic mass is 10.1. The monoisotopic (exact) mass is 391 g/mol. The summed E-state index contributed by atoms with van der Waals surface area (Å²) in [6, 6.07) is 10.00. The first kappa shape index (κ1) is 18.4. The van der Waals surface area contributed by atoms with Gasteiger partial charge in [-0.25, -0.2) is 4.39 Å². The summed E-state index contributed by atoms with van der Waals surface area (Å²) in [6.07, 6.45) is 0. The summed E-state index contributed by atoms with van der Waals surface area (Å²) in [4.78, 5) is 12.0. The molecular formula is C18H15ClFN3O2S. The van der Waals surface area contributed by atoms with Gasteiger partial charge in [-0.3, -0.25) is 4.79 Å². The fourth-order valence-electron chi connectivity index (χ4n) is 2.39. The maximum atomic E-state index is 13.7. The van der Waals surface area contributed by atoms with Crippen LogP contribution in [0.3, 0.4) is 0 Å². The van der Waals surface area contributed by atoms with Gasteiger partial charge in [-0.15, -0.1) is 10.2 Å². The van der Waals surface area contributed by atoms with E-state index in [0.29, 0.717) is 5.89 Å². The average molecular weight is 392 g/mol. The summed E-state index contributed by atoms with van der Waals surface area (Å²) >= 11 is 6.76. The number of carbonyl (C=O) groups is 1. The van der Waals surface area contributed by atoms with E-state index in [2.05, 4.69) is 21.6 Å². The number of hydrogen-bond donors (Lipinski definition) is 1. The van der Waals surface area contributed by atoms with Crippen molar-refractivity contribution in [2.75, 3.05) is 11.1 Å². The molecule has 0 aliphatic rings. The average Bonchev–Trinajstić information content (AvgIpc) is 3.04. The Morgan fingerprint density at radius 2 is 1.92 bits per heavy atom. The molecule has 0 fully saturated rings. The van der Waals surface area contributed by atoms with E-state index >= 15 is 0 Å². The second-order valence-electron chi connectivity index (χ2n) is 5.71. The van der Waals surface area contributed by atoms with Crippen molar-refractivity contribution in [1.29, 1.82) is 0 Å². The lowest BCUT2D eigenvalue weighted by Crippen LogP contribution is -2.15. The fraction of sp³-hybridized carbons (Fsp3) is 0.167. The van der Waals surface area contributed by atoms with Crippen LogP contribution >= 0.6 is 23.4 Å². The van der Waals surface area contributed by atoms with Gasteiger partial charge in [-0.1, -0.05) is 40.6 Å².